The van der Waals surface area contributed by atoms with Gasteiger partial charge in [0.25, 0.3) is 0 Å². The molecule has 0 radical (unpaired) electrons. The van der Waals surface area contributed by atoms with Crippen LogP contribution in [0.3, 0.4) is 0 Å². The summed E-state index contributed by atoms with van der Waals surface area (Å²) in [5, 5.41) is 14.1. The number of hydrogen-bond acceptors (Lipinski definition) is 2. The van der Waals surface area contributed by atoms with Gasteiger partial charge in [0.05, 0.1) is 5.60 Å². The Labute approximate surface area is 99.8 Å². The van der Waals surface area contributed by atoms with E-state index in [1.54, 1.807) is 0 Å². The van der Waals surface area contributed by atoms with Gasteiger partial charge in [-0.1, -0.05) is 20.3 Å². The van der Waals surface area contributed by atoms with Gasteiger partial charge >= 0.3 is 0 Å². The zero-order valence-corrected chi connectivity index (χ0v) is 10.8. The molecule has 0 bridgehead atoms. The summed E-state index contributed by atoms with van der Waals surface area (Å²) in [6.45, 7) is 5.44. The van der Waals surface area contributed by atoms with Crippen LogP contribution in [-0.2, 0) is 0 Å². The predicted molar refractivity (Wildman–Crippen MR) is 67.4 cm³/mol. The minimum atomic E-state index is -0.408. The van der Waals surface area contributed by atoms with E-state index >= 15 is 0 Å². The van der Waals surface area contributed by atoms with Crippen LogP contribution in [0.4, 0.5) is 0 Å². The second kappa shape index (κ2) is 5.05. The smallest absolute Gasteiger partial charge is 0.0771 e. The van der Waals surface area contributed by atoms with Crippen molar-refractivity contribution < 1.29 is 5.11 Å². The highest BCUT2D eigenvalue weighted by molar-refractivity contribution is 4.89. The van der Waals surface area contributed by atoms with Crippen molar-refractivity contribution in [3.63, 3.8) is 0 Å². The lowest BCUT2D eigenvalue weighted by molar-refractivity contribution is -0.00885. The second-order valence-corrected chi connectivity index (χ2v) is 6.30. The van der Waals surface area contributed by atoms with Gasteiger partial charge in [-0.05, 0) is 50.4 Å². The molecule has 0 aromatic heterocycles. The van der Waals surface area contributed by atoms with Crippen molar-refractivity contribution in [3.8, 4) is 0 Å². The second-order valence-electron chi connectivity index (χ2n) is 6.30. The average Bonchev–Trinajstić information content (AvgIpc) is 2.67. The topological polar surface area (TPSA) is 32.3 Å². The molecule has 2 rings (SSSR count). The zero-order valence-electron chi connectivity index (χ0n) is 10.8. The molecule has 0 aliphatic heterocycles. The molecule has 2 aliphatic carbocycles. The van der Waals surface area contributed by atoms with Crippen LogP contribution >= 0.6 is 0 Å². The number of aliphatic hydroxyl groups is 1. The van der Waals surface area contributed by atoms with Crippen LogP contribution in [0.15, 0.2) is 0 Å². The van der Waals surface area contributed by atoms with E-state index in [2.05, 4.69) is 19.2 Å². The fraction of sp³-hybridized carbons (Fsp3) is 1.00. The molecule has 16 heavy (non-hydrogen) atoms. The average molecular weight is 225 g/mol. The summed E-state index contributed by atoms with van der Waals surface area (Å²) in [6.07, 6.45) is 8.37. The van der Waals surface area contributed by atoms with Crippen LogP contribution < -0.4 is 5.32 Å². The quantitative estimate of drug-likeness (QED) is 0.774. The summed E-state index contributed by atoms with van der Waals surface area (Å²) >= 11 is 0. The lowest BCUT2D eigenvalue weighted by Crippen LogP contribution is -2.47. The van der Waals surface area contributed by atoms with Gasteiger partial charge in [-0.2, -0.15) is 0 Å². The van der Waals surface area contributed by atoms with Gasteiger partial charge in [-0.25, -0.2) is 0 Å². The zero-order chi connectivity index (χ0) is 11.6. The fourth-order valence-corrected chi connectivity index (χ4v) is 3.25. The molecule has 2 fully saturated rings. The summed E-state index contributed by atoms with van der Waals surface area (Å²) in [6, 6.07) is 0.656. The monoisotopic (exact) mass is 225 g/mol. The van der Waals surface area contributed by atoms with Crippen LogP contribution in [0, 0.1) is 11.8 Å². The van der Waals surface area contributed by atoms with Gasteiger partial charge in [-0.3, -0.25) is 0 Å². The first kappa shape index (κ1) is 12.4. The fourth-order valence-electron chi connectivity index (χ4n) is 3.25. The Morgan fingerprint density at radius 2 is 1.81 bits per heavy atom. The molecule has 0 saturated heterocycles. The van der Waals surface area contributed by atoms with Crippen molar-refractivity contribution >= 4 is 0 Å². The highest BCUT2D eigenvalue weighted by atomic mass is 16.3. The van der Waals surface area contributed by atoms with Gasteiger partial charge in [0.15, 0.2) is 0 Å². The number of nitrogens with one attached hydrogen (secondary N) is 1. The number of rotatable bonds is 3. The van der Waals surface area contributed by atoms with Gasteiger partial charge in [0, 0.05) is 12.6 Å². The molecular weight excluding hydrogens is 198 g/mol. The molecule has 2 unspecified atom stereocenters. The largest absolute Gasteiger partial charge is 0.389 e. The summed E-state index contributed by atoms with van der Waals surface area (Å²) in [5.74, 6) is 1.61. The Kier molecular flexibility index (Phi) is 3.91. The van der Waals surface area contributed by atoms with Gasteiger partial charge in [-0.15, -0.1) is 0 Å². The molecule has 0 aromatic carbocycles. The Balaban J connectivity index is 1.76. The van der Waals surface area contributed by atoms with Crippen molar-refractivity contribution in [1.82, 2.24) is 5.32 Å². The predicted octanol–water partition coefficient (Wildman–Crippen LogP) is 2.71. The maximum atomic E-state index is 10.5. The van der Waals surface area contributed by atoms with E-state index in [1.807, 2.05) is 0 Å². The summed E-state index contributed by atoms with van der Waals surface area (Å²) < 4.78 is 0. The number of hydrogen-bond donors (Lipinski definition) is 2. The summed E-state index contributed by atoms with van der Waals surface area (Å²) in [4.78, 5) is 0. The normalized spacial score (nSPS) is 44.8. The van der Waals surface area contributed by atoms with Gasteiger partial charge < -0.3 is 10.4 Å². The SMILES string of the molecule is CC1CCC(O)(CNC2CCCC2C)CC1. The van der Waals surface area contributed by atoms with Gasteiger partial charge in [0.2, 0.25) is 0 Å². The third kappa shape index (κ3) is 2.98. The molecule has 2 saturated carbocycles. The van der Waals surface area contributed by atoms with Crippen LogP contribution in [0.2, 0.25) is 0 Å². The molecule has 2 nitrogen and oxygen atoms in total. The Hall–Kier alpha value is -0.0800. The molecule has 2 heteroatoms. The minimum Gasteiger partial charge on any atom is -0.389 e. The highest BCUT2D eigenvalue weighted by Crippen LogP contribution is 2.32. The lowest BCUT2D eigenvalue weighted by atomic mass is 9.79. The third-order valence-corrected chi connectivity index (χ3v) is 4.76. The van der Waals surface area contributed by atoms with E-state index in [1.165, 1.54) is 32.1 Å². The molecule has 94 valence electrons. The Bertz CT molecular complexity index is 221. The maximum Gasteiger partial charge on any atom is 0.0771 e. The van der Waals surface area contributed by atoms with E-state index in [4.69, 9.17) is 0 Å². The van der Waals surface area contributed by atoms with Crippen LogP contribution in [0.25, 0.3) is 0 Å². The molecule has 2 N–H and O–H groups in total. The molecule has 0 heterocycles. The van der Waals surface area contributed by atoms with Crippen molar-refractivity contribution in [2.24, 2.45) is 11.8 Å². The molecule has 2 atom stereocenters. The first-order valence-corrected chi connectivity index (χ1v) is 7.05. The summed E-state index contributed by atoms with van der Waals surface area (Å²) in [7, 11) is 0. The summed E-state index contributed by atoms with van der Waals surface area (Å²) in [5.41, 5.74) is -0.408. The van der Waals surface area contributed by atoms with Crippen molar-refractivity contribution in [2.45, 2.75) is 70.4 Å². The first-order valence-electron chi connectivity index (χ1n) is 7.05. The van der Waals surface area contributed by atoms with Crippen LogP contribution in [0.1, 0.15) is 58.8 Å². The van der Waals surface area contributed by atoms with Crippen molar-refractivity contribution in [2.75, 3.05) is 6.54 Å². The van der Waals surface area contributed by atoms with Crippen molar-refractivity contribution in [3.05, 3.63) is 0 Å². The molecular formula is C14H27NO. The molecule has 0 amide bonds. The minimum absolute atomic E-state index is 0.408. The molecule has 2 aliphatic rings. The maximum absolute atomic E-state index is 10.5. The first-order chi connectivity index (χ1) is 7.59. The van der Waals surface area contributed by atoms with E-state index in [0.29, 0.717) is 6.04 Å². The lowest BCUT2D eigenvalue weighted by Gasteiger charge is -2.36. The Morgan fingerprint density at radius 3 is 2.38 bits per heavy atom. The van der Waals surface area contributed by atoms with E-state index in [-0.39, 0.29) is 0 Å². The van der Waals surface area contributed by atoms with E-state index in [0.717, 1.165) is 31.2 Å². The molecule has 0 aromatic rings. The van der Waals surface area contributed by atoms with Crippen LogP contribution in [0.5, 0.6) is 0 Å². The third-order valence-electron chi connectivity index (χ3n) is 4.76. The Morgan fingerprint density at radius 1 is 1.12 bits per heavy atom. The standard InChI is InChI=1S/C14H27NO/c1-11-6-8-14(16,9-7-11)10-15-13-5-3-4-12(13)2/h11-13,15-16H,3-10H2,1-2H3. The van der Waals surface area contributed by atoms with E-state index in [9.17, 15) is 5.11 Å². The van der Waals surface area contributed by atoms with Crippen LogP contribution in [-0.4, -0.2) is 23.3 Å². The van der Waals surface area contributed by atoms with Crippen molar-refractivity contribution in [1.29, 1.82) is 0 Å². The van der Waals surface area contributed by atoms with E-state index < -0.39 is 5.60 Å². The highest BCUT2D eigenvalue weighted by Gasteiger charge is 2.33. The molecule has 0 spiro atoms. The van der Waals surface area contributed by atoms with Gasteiger partial charge in [0.1, 0.15) is 0 Å².